The minimum absolute atomic E-state index is 0.0773. The molecule has 1 aliphatic heterocycles. The molecule has 0 bridgehead atoms. The molecule has 1 atom stereocenters. The topological polar surface area (TPSA) is 100 Å². The van der Waals surface area contributed by atoms with E-state index < -0.39 is 12.7 Å². The van der Waals surface area contributed by atoms with Gasteiger partial charge in [-0.25, -0.2) is 0 Å². The number of thiophene rings is 1. The Hall–Kier alpha value is -2.80. The van der Waals surface area contributed by atoms with E-state index in [0.29, 0.717) is 9.21 Å². The SMILES string of the molecule is O=C(NC[C@@H](C(=O)Nc1ccc(N2CCOCC2=O)c(OC(F)F)c1)N(C1CC1)C1CC1)c1ccc(Cl)s1. The monoisotopic (exact) mass is 568 g/mol. The number of carbonyl (C=O) groups is 3. The highest BCUT2D eigenvalue weighted by atomic mass is 35.5. The van der Waals surface area contributed by atoms with E-state index in [1.54, 1.807) is 12.1 Å². The average Bonchev–Trinajstić information content (AvgIpc) is 3.81. The molecule has 1 aromatic heterocycles. The van der Waals surface area contributed by atoms with Crippen molar-refractivity contribution in [2.45, 2.75) is 50.4 Å². The van der Waals surface area contributed by atoms with Crippen molar-refractivity contribution in [2.24, 2.45) is 0 Å². The minimum atomic E-state index is -3.12. The van der Waals surface area contributed by atoms with Gasteiger partial charge in [-0.1, -0.05) is 11.6 Å². The molecule has 9 nitrogen and oxygen atoms in total. The first-order valence-corrected chi connectivity index (χ1v) is 13.6. The van der Waals surface area contributed by atoms with Crippen molar-refractivity contribution in [2.75, 3.05) is 36.5 Å². The molecule has 2 saturated carbocycles. The number of alkyl halides is 2. The normalized spacial score (nSPS) is 18.6. The zero-order chi connectivity index (χ0) is 26.8. The van der Waals surface area contributed by atoms with Gasteiger partial charge in [-0.05, 0) is 49.9 Å². The number of carbonyl (C=O) groups excluding carboxylic acids is 3. The number of nitrogens with zero attached hydrogens (tertiary/aromatic N) is 2. The van der Waals surface area contributed by atoms with Crippen LogP contribution in [0.3, 0.4) is 0 Å². The fraction of sp³-hybridized carbons (Fsp3) is 0.480. The van der Waals surface area contributed by atoms with Crippen LogP contribution in [-0.4, -0.2) is 73.7 Å². The summed E-state index contributed by atoms with van der Waals surface area (Å²) in [7, 11) is 0. The summed E-state index contributed by atoms with van der Waals surface area (Å²) in [5, 5.41) is 5.66. The van der Waals surface area contributed by atoms with E-state index >= 15 is 0 Å². The molecule has 3 aliphatic rings. The molecule has 3 fully saturated rings. The number of rotatable bonds is 11. The number of hydrogen-bond acceptors (Lipinski definition) is 7. The van der Waals surface area contributed by atoms with Crippen molar-refractivity contribution in [3.63, 3.8) is 0 Å². The molecule has 2 aromatic rings. The first kappa shape index (κ1) is 26.8. The standard InChI is InChI=1S/C25H27ClF2N4O5S/c26-21-8-7-20(38-21)24(35)29-12-18(32(15-2-3-15)16-4-5-16)23(34)30-14-1-6-17(19(11-14)37-25(27)28)31-9-10-36-13-22(31)33/h1,6-8,11,15-16,18,25H,2-5,9-10,12-13H2,(H,29,35)(H,30,34)/t18-/m0/s1. The Kier molecular flexibility index (Phi) is 8.12. The molecule has 0 spiro atoms. The van der Waals surface area contributed by atoms with E-state index in [0.717, 1.165) is 37.0 Å². The number of morpholine rings is 1. The summed E-state index contributed by atoms with van der Waals surface area (Å²) >= 11 is 7.10. The van der Waals surface area contributed by atoms with Gasteiger partial charge in [-0.3, -0.25) is 19.3 Å². The summed E-state index contributed by atoms with van der Waals surface area (Å²) in [6.07, 6.45) is 3.90. The van der Waals surface area contributed by atoms with Crippen molar-refractivity contribution in [3.8, 4) is 5.75 Å². The lowest BCUT2D eigenvalue weighted by atomic mass is 10.1. The highest BCUT2D eigenvalue weighted by Gasteiger charge is 2.45. The molecular formula is C25H27ClF2N4O5S. The predicted octanol–water partition coefficient (Wildman–Crippen LogP) is 3.73. The molecule has 2 N–H and O–H groups in total. The maximum absolute atomic E-state index is 13.6. The fourth-order valence-corrected chi connectivity index (χ4v) is 5.56. The summed E-state index contributed by atoms with van der Waals surface area (Å²) in [6, 6.07) is 7.42. The van der Waals surface area contributed by atoms with Crippen LogP contribution in [0.15, 0.2) is 30.3 Å². The van der Waals surface area contributed by atoms with Crippen molar-refractivity contribution in [1.82, 2.24) is 10.2 Å². The van der Waals surface area contributed by atoms with Gasteiger partial charge in [0.1, 0.15) is 12.6 Å². The molecule has 13 heteroatoms. The molecule has 2 aliphatic carbocycles. The van der Waals surface area contributed by atoms with Crippen molar-refractivity contribution >= 4 is 52.0 Å². The third-order valence-electron chi connectivity index (χ3n) is 6.57. The maximum atomic E-state index is 13.6. The van der Waals surface area contributed by atoms with E-state index in [2.05, 4.69) is 15.5 Å². The van der Waals surface area contributed by atoms with Gasteiger partial charge in [-0.2, -0.15) is 8.78 Å². The molecule has 2 heterocycles. The summed E-state index contributed by atoms with van der Waals surface area (Å²) in [5.41, 5.74) is 0.413. The van der Waals surface area contributed by atoms with Gasteiger partial charge in [0.05, 0.1) is 21.5 Å². The van der Waals surface area contributed by atoms with E-state index in [9.17, 15) is 23.2 Å². The first-order valence-electron chi connectivity index (χ1n) is 12.4. The lowest BCUT2D eigenvalue weighted by molar-refractivity contribution is -0.126. The minimum Gasteiger partial charge on any atom is -0.433 e. The molecule has 5 rings (SSSR count). The Morgan fingerprint density at radius 3 is 2.53 bits per heavy atom. The number of halogens is 3. The second-order valence-electron chi connectivity index (χ2n) is 9.39. The second kappa shape index (κ2) is 11.5. The third-order valence-corrected chi connectivity index (χ3v) is 7.80. The fourth-order valence-electron chi connectivity index (χ4n) is 4.60. The molecule has 1 aromatic carbocycles. The molecule has 38 heavy (non-hydrogen) atoms. The van der Waals surface area contributed by atoms with Gasteiger partial charge in [-0.15, -0.1) is 11.3 Å². The van der Waals surface area contributed by atoms with Crippen molar-refractivity contribution in [3.05, 3.63) is 39.5 Å². The van der Waals surface area contributed by atoms with Gasteiger partial charge in [0.25, 0.3) is 11.8 Å². The molecular weight excluding hydrogens is 542 g/mol. The van der Waals surface area contributed by atoms with Gasteiger partial charge < -0.3 is 25.0 Å². The van der Waals surface area contributed by atoms with E-state index in [4.69, 9.17) is 21.1 Å². The molecule has 0 unspecified atom stereocenters. The van der Waals surface area contributed by atoms with Gasteiger partial charge >= 0.3 is 6.61 Å². The van der Waals surface area contributed by atoms with Crippen molar-refractivity contribution in [1.29, 1.82) is 0 Å². The Bertz CT molecular complexity index is 1190. The van der Waals surface area contributed by atoms with Crippen LogP contribution in [0.4, 0.5) is 20.2 Å². The molecule has 0 radical (unpaired) electrons. The highest BCUT2D eigenvalue weighted by Crippen LogP contribution is 2.39. The highest BCUT2D eigenvalue weighted by molar-refractivity contribution is 7.18. The van der Waals surface area contributed by atoms with Gasteiger partial charge in [0, 0.05) is 36.9 Å². The quantitative estimate of drug-likeness (QED) is 0.428. The Balaban J connectivity index is 1.35. The van der Waals surface area contributed by atoms with Crippen LogP contribution in [0, 0.1) is 0 Å². The van der Waals surface area contributed by atoms with Crippen LogP contribution in [0.25, 0.3) is 0 Å². The largest absolute Gasteiger partial charge is 0.433 e. The third kappa shape index (κ3) is 6.42. The molecule has 3 amide bonds. The lowest BCUT2D eigenvalue weighted by Crippen LogP contribution is -2.52. The summed E-state index contributed by atoms with van der Waals surface area (Å²) < 4.78 is 36.7. The van der Waals surface area contributed by atoms with Crippen LogP contribution >= 0.6 is 22.9 Å². The number of nitrogens with one attached hydrogen (secondary N) is 2. The maximum Gasteiger partial charge on any atom is 0.387 e. The van der Waals surface area contributed by atoms with Crippen LogP contribution < -0.4 is 20.3 Å². The van der Waals surface area contributed by atoms with Crippen LogP contribution in [0.5, 0.6) is 5.75 Å². The summed E-state index contributed by atoms with van der Waals surface area (Å²) in [4.78, 5) is 42.4. The van der Waals surface area contributed by atoms with Crippen molar-refractivity contribution < 1.29 is 32.6 Å². The average molecular weight is 569 g/mol. The van der Waals surface area contributed by atoms with E-state index in [1.807, 2.05) is 0 Å². The molecule has 1 saturated heterocycles. The Morgan fingerprint density at radius 1 is 1.18 bits per heavy atom. The number of amides is 3. The summed E-state index contributed by atoms with van der Waals surface area (Å²) in [5.74, 6) is -1.29. The number of anilines is 2. The van der Waals surface area contributed by atoms with E-state index in [1.165, 1.54) is 23.1 Å². The van der Waals surface area contributed by atoms with Crippen LogP contribution in [0.1, 0.15) is 35.4 Å². The summed E-state index contributed by atoms with van der Waals surface area (Å²) in [6.45, 7) is -2.74. The predicted molar refractivity (Wildman–Crippen MR) is 138 cm³/mol. The first-order chi connectivity index (χ1) is 18.3. The van der Waals surface area contributed by atoms with Gasteiger partial charge in [0.15, 0.2) is 5.75 Å². The Labute approximate surface area is 227 Å². The lowest BCUT2D eigenvalue weighted by Gasteiger charge is -2.31. The zero-order valence-corrected chi connectivity index (χ0v) is 21.9. The second-order valence-corrected chi connectivity index (χ2v) is 11.1. The van der Waals surface area contributed by atoms with Crippen LogP contribution in [0.2, 0.25) is 4.34 Å². The molecule has 204 valence electrons. The van der Waals surface area contributed by atoms with Gasteiger partial charge in [0.2, 0.25) is 5.91 Å². The number of ether oxygens (including phenoxy) is 2. The number of benzene rings is 1. The number of hydrogen-bond donors (Lipinski definition) is 2. The zero-order valence-electron chi connectivity index (χ0n) is 20.3. The van der Waals surface area contributed by atoms with Crippen LogP contribution in [-0.2, 0) is 14.3 Å². The Morgan fingerprint density at radius 2 is 1.92 bits per heavy atom. The smallest absolute Gasteiger partial charge is 0.387 e. The van der Waals surface area contributed by atoms with E-state index in [-0.39, 0.29) is 73.2 Å².